The Balaban J connectivity index is 2.07. The molecular formula is C21H21NO4. The Morgan fingerprint density at radius 3 is 2.42 bits per heavy atom. The standard InChI is InChI=1S/C21H21NO4/c1-12-9-10-15(11-14(12)3)22-18-17(20(23)25-4)19(26-21(18)24)16-8-6-5-7-13(16)2/h5-11,19,22H,1-4H3. The third-order valence-electron chi connectivity index (χ3n) is 4.61. The number of nitrogens with one attached hydrogen (secondary N) is 1. The van der Waals surface area contributed by atoms with Crippen molar-refractivity contribution in [2.24, 2.45) is 0 Å². The first-order valence-electron chi connectivity index (χ1n) is 8.35. The fraction of sp³-hybridized carbons (Fsp3) is 0.238. The first kappa shape index (κ1) is 17.7. The van der Waals surface area contributed by atoms with E-state index in [9.17, 15) is 9.59 Å². The fourth-order valence-corrected chi connectivity index (χ4v) is 2.97. The van der Waals surface area contributed by atoms with Crippen LogP contribution in [-0.2, 0) is 19.1 Å². The van der Waals surface area contributed by atoms with E-state index in [1.807, 2.05) is 63.2 Å². The zero-order valence-electron chi connectivity index (χ0n) is 15.3. The number of esters is 2. The Morgan fingerprint density at radius 2 is 1.77 bits per heavy atom. The number of hydrogen-bond acceptors (Lipinski definition) is 5. The number of cyclic esters (lactones) is 1. The molecular weight excluding hydrogens is 330 g/mol. The lowest BCUT2D eigenvalue weighted by molar-refractivity contribution is -0.141. The summed E-state index contributed by atoms with van der Waals surface area (Å²) < 4.78 is 10.4. The Labute approximate surface area is 152 Å². The first-order chi connectivity index (χ1) is 12.4. The molecule has 5 nitrogen and oxygen atoms in total. The second-order valence-electron chi connectivity index (χ2n) is 6.35. The quantitative estimate of drug-likeness (QED) is 0.850. The summed E-state index contributed by atoms with van der Waals surface area (Å²) in [5, 5.41) is 3.05. The SMILES string of the molecule is COC(=O)C1=C(Nc2ccc(C)c(C)c2)C(=O)OC1c1ccccc1C. The molecule has 5 heteroatoms. The van der Waals surface area contributed by atoms with E-state index in [0.717, 1.165) is 22.3 Å². The summed E-state index contributed by atoms with van der Waals surface area (Å²) >= 11 is 0. The number of aryl methyl sites for hydroxylation is 3. The van der Waals surface area contributed by atoms with Gasteiger partial charge in [0, 0.05) is 11.3 Å². The van der Waals surface area contributed by atoms with E-state index < -0.39 is 18.0 Å². The molecule has 134 valence electrons. The number of carbonyl (C=O) groups is 2. The fourth-order valence-electron chi connectivity index (χ4n) is 2.97. The Morgan fingerprint density at radius 1 is 1.04 bits per heavy atom. The zero-order valence-corrected chi connectivity index (χ0v) is 15.3. The summed E-state index contributed by atoms with van der Waals surface area (Å²) in [4.78, 5) is 24.9. The molecule has 0 saturated carbocycles. The van der Waals surface area contributed by atoms with Crippen LogP contribution in [0.15, 0.2) is 53.7 Å². The van der Waals surface area contributed by atoms with Gasteiger partial charge in [0.1, 0.15) is 11.3 Å². The van der Waals surface area contributed by atoms with E-state index in [2.05, 4.69) is 5.32 Å². The molecule has 1 N–H and O–H groups in total. The first-order valence-corrected chi connectivity index (χ1v) is 8.35. The van der Waals surface area contributed by atoms with Crippen LogP contribution in [-0.4, -0.2) is 19.0 Å². The van der Waals surface area contributed by atoms with Crippen molar-refractivity contribution in [2.75, 3.05) is 12.4 Å². The minimum atomic E-state index is -0.787. The second kappa shape index (κ2) is 7.04. The van der Waals surface area contributed by atoms with Crippen LogP contribution in [0.3, 0.4) is 0 Å². The topological polar surface area (TPSA) is 64.6 Å². The molecule has 0 spiro atoms. The highest BCUT2D eigenvalue weighted by Crippen LogP contribution is 2.37. The van der Waals surface area contributed by atoms with Crippen LogP contribution >= 0.6 is 0 Å². The van der Waals surface area contributed by atoms with Gasteiger partial charge in [-0.15, -0.1) is 0 Å². The lowest BCUT2D eigenvalue weighted by Crippen LogP contribution is -2.15. The smallest absolute Gasteiger partial charge is 0.356 e. The molecule has 0 saturated heterocycles. The molecule has 0 fully saturated rings. The van der Waals surface area contributed by atoms with Gasteiger partial charge in [0.25, 0.3) is 0 Å². The molecule has 0 amide bonds. The average molecular weight is 351 g/mol. The molecule has 1 heterocycles. The average Bonchev–Trinajstić information content (AvgIpc) is 2.94. The van der Waals surface area contributed by atoms with Gasteiger partial charge < -0.3 is 14.8 Å². The Kier molecular flexibility index (Phi) is 4.80. The van der Waals surface area contributed by atoms with Crippen molar-refractivity contribution in [1.82, 2.24) is 0 Å². The molecule has 2 aromatic rings. The van der Waals surface area contributed by atoms with E-state index in [1.54, 1.807) is 0 Å². The van der Waals surface area contributed by atoms with Crippen molar-refractivity contribution in [3.05, 3.63) is 76.0 Å². The largest absolute Gasteiger partial charge is 0.465 e. The van der Waals surface area contributed by atoms with Crippen LogP contribution in [0.5, 0.6) is 0 Å². The number of anilines is 1. The maximum absolute atomic E-state index is 12.5. The molecule has 26 heavy (non-hydrogen) atoms. The van der Waals surface area contributed by atoms with E-state index in [0.29, 0.717) is 5.69 Å². The molecule has 0 radical (unpaired) electrons. The molecule has 1 aliphatic rings. The summed E-state index contributed by atoms with van der Waals surface area (Å²) in [6, 6.07) is 13.2. The van der Waals surface area contributed by atoms with E-state index in [4.69, 9.17) is 9.47 Å². The normalized spacial score (nSPS) is 16.5. The molecule has 0 aromatic heterocycles. The van der Waals surface area contributed by atoms with Crippen molar-refractivity contribution < 1.29 is 19.1 Å². The maximum atomic E-state index is 12.5. The van der Waals surface area contributed by atoms with Crippen LogP contribution in [0.4, 0.5) is 5.69 Å². The van der Waals surface area contributed by atoms with Crippen LogP contribution in [0.1, 0.15) is 28.4 Å². The number of ether oxygens (including phenoxy) is 2. The van der Waals surface area contributed by atoms with Crippen LogP contribution in [0.2, 0.25) is 0 Å². The van der Waals surface area contributed by atoms with E-state index >= 15 is 0 Å². The van der Waals surface area contributed by atoms with Crippen LogP contribution < -0.4 is 5.32 Å². The third kappa shape index (κ3) is 3.20. The highest BCUT2D eigenvalue weighted by Gasteiger charge is 2.40. The van der Waals surface area contributed by atoms with Gasteiger partial charge >= 0.3 is 11.9 Å². The lowest BCUT2D eigenvalue weighted by Gasteiger charge is -2.15. The summed E-state index contributed by atoms with van der Waals surface area (Å²) in [5.41, 5.74) is 4.93. The van der Waals surface area contributed by atoms with E-state index in [-0.39, 0.29) is 11.3 Å². The zero-order chi connectivity index (χ0) is 18.8. The van der Waals surface area contributed by atoms with Gasteiger partial charge in [-0.05, 0) is 49.6 Å². The molecule has 3 rings (SSSR count). The van der Waals surface area contributed by atoms with Crippen molar-refractivity contribution in [3.8, 4) is 0 Å². The lowest BCUT2D eigenvalue weighted by atomic mass is 9.97. The number of methoxy groups -OCH3 is 1. The van der Waals surface area contributed by atoms with Gasteiger partial charge in [-0.1, -0.05) is 30.3 Å². The maximum Gasteiger partial charge on any atom is 0.356 e. The molecule has 1 unspecified atom stereocenters. The number of rotatable bonds is 4. The predicted octanol–water partition coefficient (Wildman–Crippen LogP) is 3.75. The summed E-state index contributed by atoms with van der Waals surface area (Å²) in [6.07, 6.45) is -0.787. The number of benzene rings is 2. The van der Waals surface area contributed by atoms with E-state index in [1.165, 1.54) is 7.11 Å². The third-order valence-corrected chi connectivity index (χ3v) is 4.61. The predicted molar refractivity (Wildman–Crippen MR) is 98.6 cm³/mol. The molecule has 0 bridgehead atoms. The van der Waals surface area contributed by atoms with Crippen molar-refractivity contribution in [1.29, 1.82) is 0 Å². The van der Waals surface area contributed by atoms with Crippen LogP contribution in [0.25, 0.3) is 0 Å². The highest BCUT2D eigenvalue weighted by molar-refractivity contribution is 6.06. The minimum absolute atomic E-state index is 0.119. The van der Waals surface area contributed by atoms with Gasteiger partial charge in [-0.25, -0.2) is 9.59 Å². The summed E-state index contributed by atoms with van der Waals surface area (Å²) in [6.45, 7) is 5.91. The Bertz CT molecular complexity index is 914. The molecule has 1 atom stereocenters. The second-order valence-corrected chi connectivity index (χ2v) is 6.35. The van der Waals surface area contributed by atoms with Gasteiger partial charge in [0.05, 0.1) is 7.11 Å². The molecule has 1 aliphatic heterocycles. The van der Waals surface area contributed by atoms with Crippen LogP contribution in [0, 0.1) is 20.8 Å². The minimum Gasteiger partial charge on any atom is -0.465 e. The van der Waals surface area contributed by atoms with Crippen molar-refractivity contribution in [2.45, 2.75) is 26.9 Å². The van der Waals surface area contributed by atoms with Gasteiger partial charge in [0.15, 0.2) is 6.10 Å². The summed E-state index contributed by atoms with van der Waals surface area (Å²) in [7, 11) is 1.29. The van der Waals surface area contributed by atoms with Crippen molar-refractivity contribution in [3.63, 3.8) is 0 Å². The monoisotopic (exact) mass is 351 g/mol. The van der Waals surface area contributed by atoms with Crippen molar-refractivity contribution >= 4 is 17.6 Å². The number of carbonyl (C=O) groups excluding carboxylic acids is 2. The van der Waals surface area contributed by atoms with Gasteiger partial charge in [-0.3, -0.25) is 0 Å². The number of hydrogen-bond donors (Lipinski definition) is 1. The summed E-state index contributed by atoms with van der Waals surface area (Å²) in [5.74, 6) is -1.16. The molecule has 2 aromatic carbocycles. The van der Waals surface area contributed by atoms with Gasteiger partial charge in [-0.2, -0.15) is 0 Å². The Hall–Kier alpha value is -3.08. The molecule has 0 aliphatic carbocycles. The highest BCUT2D eigenvalue weighted by atomic mass is 16.6. The van der Waals surface area contributed by atoms with Gasteiger partial charge in [0.2, 0.25) is 0 Å².